The predicted molar refractivity (Wildman–Crippen MR) is 101 cm³/mol. The van der Waals surface area contributed by atoms with Crippen LogP contribution in [0.1, 0.15) is 56.9 Å². The summed E-state index contributed by atoms with van der Waals surface area (Å²) in [5, 5.41) is 6.42. The first-order valence-corrected chi connectivity index (χ1v) is 10.3. The van der Waals surface area contributed by atoms with E-state index >= 15 is 0 Å². The van der Waals surface area contributed by atoms with Gasteiger partial charge in [-0.15, -0.1) is 0 Å². The van der Waals surface area contributed by atoms with Crippen molar-refractivity contribution < 1.29 is 9.59 Å². The monoisotopic (exact) mass is 352 g/mol. The molecule has 26 heavy (non-hydrogen) atoms. The molecule has 1 heterocycles. The molecular weight excluding hydrogens is 324 g/mol. The van der Waals surface area contributed by atoms with Crippen LogP contribution in [-0.2, 0) is 16.0 Å². The minimum absolute atomic E-state index is 0.0614. The second-order valence-corrected chi connectivity index (χ2v) is 9.33. The van der Waals surface area contributed by atoms with Gasteiger partial charge in [0.15, 0.2) is 0 Å². The average molecular weight is 352 g/mol. The molecule has 4 bridgehead atoms. The summed E-state index contributed by atoms with van der Waals surface area (Å²) in [6.45, 7) is 0. The lowest BCUT2D eigenvalue weighted by Gasteiger charge is -2.57. The van der Waals surface area contributed by atoms with Crippen LogP contribution in [-0.4, -0.2) is 17.4 Å². The van der Waals surface area contributed by atoms with Gasteiger partial charge in [-0.25, -0.2) is 0 Å². The molecule has 1 aliphatic heterocycles. The smallest absolute Gasteiger partial charge is 0.227 e. The molecule has 4 aliphatic carbocycles. The van der Waals surface area contributed by atoms with Crippen LogP contribution in [0, 0.1) is 23.7 Å². The van der Waals surface area contributed by atoms with Gasteiger partial charge < -0.3 is 10.6 Å². The zero-order valence-electron chi connectivity index (χ0n) is 15.3. The van der Waals surface area contributed by atoms with Crippen LogP contribution in [0.25, 0.3) is 0 Å². The van der Waals surface area contributed by atoms with Crippen LogP contribution in [0.15, 0.2) is 24.3 Å². The molecule has 0 radical (unpaired) electrons. The molecule has 2 amide bonds. The van der Waals surface area contributed by atoms with E-state index in [-0.39, 0.29) is 23.3 Å². The number of benzene rings is 1. The van der Waals surface area contributed by atoms with Crippen molar-refractivity contribution >= 4 is 17.5 Å². The van der Waals surface area contributed by atoms with E-state index in [0.717, 1.165) is 29.9 Å². The highest BCUT2D eigenvalue weighted by Gasteiger charge is 2.51. The molecular formula is C22H28N2O2. The maximum absolute atomic E-state index is 12.7. The lowest BCUT2D eigenvalue weighted by molar-refractivity contribution is -0.127. The molecule has 4 saturated carbocycles. The number of para-hydroxylation sites is 1. The molecule has 0 aromatic heterocycles. The van der Waals surface area contributed by atoms with Gasteiger partial charge in [0.2, 0.25) is 11.8 Å². The highest BCUT2D eigenvalue weighted by atomic mass is 16.2. The normalized spacial score (nSPS) is 37.2. The van der Waals surface area contributed by atoms with Crippen LogP contribution >= 0.6 is 0 Å². The van der Waals surface area contributed by atoms with E-state index in [1.54, 1.807) is 0 Å². The number of hydrogen-bond acceptors (Lipinski definition) is 2. The molecule has 2 N–H and O–H groups in total. The lowest BCUT2D eigenvalue weighted by atomic mass is 9.53. The van der Waals surface area contributed by atoms with Crippen molar-refractivity contribution in [2.45, 2.75) is 63.3 Å². The highest BCUT2D eigenvalue weighted by Crippen LogP contribution is 2.55. The Hall–Kier alpha value is -1.84. The Morgan fingerprint density at radius 3 is 2.42 bits per heavy atom. The number of anilines is 1. The minimum atomic E-state index is -0.0907. The van der Waals surface area contributed by atoms with Crippen molar-refractivity contribution in [2.75, 3.05) is 5.32 Å². The van der Waals surface area contributed by atoms with E-state index < -0.39 is 0 Å². The molecule has 1 aromatic carbocycles. The van der Waals surface area contributed by atoms with Gasteiger partial charge in [-0.05, 0) is 80.8 Å². The molecule has 138 valence electrons. The average Bonchev–Trinajstić information content (AvgIpc) is 2.58. The lowest BCUT2D eigenvalue weighted by Crippen LogP contribution is -2.59. The van der Waals surface area contributed by atoms with Gasteiger partial charge in [-0.2, -0.15) is 0 Å². The SMILES string of the molecule is O=C(CC[C@@H]1Cc2ccccc2NC1=O)NC12CC3CC(CC(C3)C1)C2. The van der Waals surface area contributed by atoms with Gasteiger partial charge in [-0.1, -0.05) is 18.2 Å². The second-order valence-electron chi connectivity index (χ2n) is 9.33. The molecule has 6 rings (SSSR count). The summed E-state index contributed by atoms with van der Waals surface area (Å²) in [4.78, 5) is 25.0. The van der Waals surface area contributed by atoms with Crippen molar-refractivity contribution in [2.24, 2.45) is 23.7 Å². The number of fused-ring (bicyclic) bond motifs is 1. The second kappa shape index (κ2) is 6.11. The summed E-state index contributed by atoms with van der Waals surface area (Å²) >= 11 is 0. The van der Waals surface area contributed by atoms with E-state index in [4.69, 9.17) is 0 Å². The van der Waals surface area contributed by atoms with E-state index in [9.17, 15) is 9.59 Å². The summed E-state index contributed by atoms with van der Waals surface area (Å²) in [7, 11) is 0. The fourth-order valence-electron chi connectivity index (χ4n) is 6.57. The molecule has 0 saturated heterocycles. The Morgan fingerprint density at radius 2 is 1.73 bits per heavy atom. The molecule has 5 aliphatic rings. The Morgan fingerprint density at radius 1 is 1.08 bits per heavy atom. The first kappa shape index (κ1) is 16.3. The predicted octanol–water partition coefficient (Wildman–Crippen LogP) is 3.66. The topological polar surface area (TPSA) is 58.2 Å². The zero-order valence-corrected chi connectivity index (χ0v) is 15.3. The van der Waals surface area contributed by atoms with Crippen LogP contribution in [0.2, 0.25) is 0 Å². The maximum atomic E-state index is 12.7. The number of carbonyl (C=O) groups is 2. The third-order valence-corrected chi connectivity index (χ3v) is 7.28. The van der Waals surface area contributed by atoms with E-state index in [2.05, 4.69) is 16.7 Å². The van der Waals surface area contributed by atoms with E-state index in [1.165, 1.54) is 44.1 Å². The number of hydrogen-bond donors (Lipinski definition) is 2. The van der Waals surface area contributed by atoms with Crippen LogP contribution in [0.4, 0.5) is 5.69 Å². The molecule has 4 fully saturated rings. The fourth-order valence-corrected chi connectivity index (χ4v) is 6.57. The van der Waals surface area contributed by atoms with Gasteiger partial charge >= 0.3 is 0 Å². The molecule has 0 spiro atoms. The summed E-state index contributed by atoms with van der Waals surface area (Å²) < 4.78 is 0. The zero-order chi connectivity index (χ0) is 17.7. The number of carbonyl (C=O) groups excluding carboxylic acids is 2. The van der Waals surface area contributed by atoms with Gasteiger partial charge in [0.05, 0.1) is 0 Å². The molecule has 1 aromatic rings. The van der Waals surface area contributed by atoms with Crippen molar-refractivity contribution in [3.8, 4) is 0 Å². The van der Waals surface area contributed by atoms with Crippen LogP contribution < -0.4 is 10.6 Å². The van der Waals surface area contributed by atoms with Gasteiger partial charge in [0.1, 0.15) is 0 Å². The van der Waals surface area contributed by atoms with Crippen LogP contribution in [0.3, 0.4) is 0 Å². The third-order valence-electron chi connectivity index (χ3n) is 7.28. The highest BCUT2D eigenvalue weighted by molar-refractivity contribution is 5.96. The summed E-state index contributed by atoms with van der Waals surface area (Å²) in [5.41, 5.74) is 2.18. The molecule has 1 atom stereocenters. The number of amides is 2. The molecule has 4 nitrogen and oxygen atoms in total. The number of rotatable bonds is 4. The quantitative estimate of drug-likeness (QED) is 0.869. The Balaban J connectivity index is 1.19. The van der Waals surface area contributed by atoms with E-state index in [1.807, 2.05) is 18.2 Å². The van der Waals surface area contributed by atoms with Gasteiger partial charge in [0.25, 0.3) is 0 Å². The Labute approximate surface area is 155 Å². The van der Waals surface area contributed by atoms with Gasteiger partial charge in [0, 0.05) is 23.6 Å². The summed E-state index contributed by atoms with van der Waals surface area (Å²) in [6.07, 6.45) is 9.55. The minimum Gasteiger partial charge on any atom is -0.351 e. The van der Waals surface area contributed by atoms with Crippen molar-refractivity contribution in [3.63, 3.8) is 0 Å². The van der Waals surface area contributed by atoms with Crippen LogP contribution in [0.5, 0.6) is 0 Å². The van der Waals surface area contributed by atoms with Crippen molar-refractivity contribution in [1.29, 1.82) is 0 Å². The first-order chi connectivity index (χ1) is 12.6. The number of nitrogens with one attached hydrogen (secondary N) is 2. The Bertz CT molecular complexity index is 706. The largest absolute Gasteiger partial charge is 0.351 e. The van der Waals surface area contributed by atoms with Crippen molar-refractivity contribution in [3.05, 3.63) is 29.8 Å². The van der Waals surface area contributed by atoms with E-state index in [0.29, 0.717) is 12.8 Å². The maximum Gasteiger partial charge on any atom is 0.227 e. The third kappa shape index (κ3) is 2.93. The standard InChI is InChI=1S/C22H28N2O2/c25-20(24-22-11-14-7-15(12-22)9-16(8-14)13-22)6-5-18-10-17-3-1-2-4-19(17)23-21(18)26/h1-4,14-16,18H,5-13H2,(H,23,26)(H,24,25)/t14?,15?,16?,18-,22?/m1/s1. The summed E-state index contributed by atoms with van der Waals surface area (Å²) in [5.74, 6) is 2.63. The molecule has 0 unspecified atom stereocenters. The summed E-state index contributed by atoms with van der Waals surface area (Å²) in [6, 6.07) is 7.96. The fraction of sp³-hybridized carbons (Fsp3) is 0.636. The van der Waals surface area contributed by atoms with Crippen molar-refractivity contribution in [1.82, 2.24) is 5.32 Å². The Kier molecular flexibility index (Phi) is 3.84. The first-order valence-electron chi connectivity index (χ1n) is 10.3. The van der Waals surface area contributed by atoms with Gasteiger partial charge in [-0.3, -0.25) is 9.59 Å². The molecule has 4 heteroatoms.